The Kier molecular flexibility index (Phi) is 39.0. The molecule has 0 radical (unpaired) electrons. The van der Waals surface area contributed by atoms with Crippen LogP contribution in [0.3, 0.4) is 0 Å². The van der Waals surface area contributed by atoms with Gasteiger partial charge in [0.15, 0.2) is 0 Å². The van der Waals surface area contributed by atoms with Crippen LogP contribution in [0.25, 0.3) is 0 Å². The molecule has 0 rings (SSSR count). The van der Waals surface area contributed by atoms with E-state index in [0.717, 1.165) is 0 Å². The third kappa shape index (κ3) is 17.8. The maximum absolute atomic E-state index is 5.54. The zero-order valence-corrected chi connectivity index (χ0v) is 11.8. The molecular formula is C16H42O6. The normalized spacial score (nSPS) is 9.55. The van der Waals surface area contributed by atoms with E-state index in [1.165, 1.54) is 0 Å². The maximum atomic E-state index is 5.54. The fourth-order valence-electron chi connectivity index (χ4n) is 1.23. The van der Waals surface area contributed by atoms with E-state index < -0.39 is 12.6 Å². The predicted molar refractivity (Wildman–Crippen MR) is 93.4 cm³/mol. The van der Waals surface area contributed by atoms with E-state index in [0.29, 0.717) is 39.6 Å². The van der Waals surface area contributed by atoms with Crippen LogP contribution in [0, 0.1) is 0 Å². The van der Waals surface area contributed by atoms with Crippen molar-refractivity contribution in [2.24, 2.45) is 0 Å². The van der Waals surface area contributed by atoms with E-state index in [2.05, 4.69) is 0 Å². The van der Waals surface area contributed by atoms with Gasteiger partial charge in [-0.3, -0.25) is 0 Å². The van der Waals surface area contributed by atoms with Crippen molar-refractivity contribution in [3.63, 3.8) is 0 Å². The van der Waals surface area contributed by atoms with Gasteiger partial charge in [-0.2, -0.15) is 0 Å². The topological polar surface area (TPSA) is 55.4 Å². The van der Waals surface area contributed by atoms with Crippen LogP contribution in [0.5, 0.6) is 0 Å². The predicted octanol–water partition coefficient (Wildman–Crippen LogP) is 3.58. The molecule has 6 nitrogen and oxygen atoms in total. The summed E-state index contributed by atoms with van der Waals surface area (Å²) in [6, 6.07) is 0. The average molecular weight is 331 g/mol. The van der Waals surface area contributed by atoms with Gasteiger partial charge in [0, 0.05) is 27.4 Å². The van der Waals surface area contributed by atoms with E-state index in [-0.39, 0.29) is 29.7 Å². The minimum atomic E-state index is -0.574. The first-order chi connectivity index (χ1) is 8.79. The molecule has 0 atom stereocenters. The third-order valence-electron chi connectivity index (χ3n) is 2.02. The van der Waals surface area contributed by atoms with Crippen molar-refractivity contribution >= 4 is 0 Å². The monoisotopic (exact) mass is 330 g/mol. The molecule has 142 valence electrons. The highest BCUT2D eigenvalue weighted by Gasteiger charge is 2.23. The van der Waals surface area contributed by atoms with Crippen LogP contribution in [-0.4, -0.2) is 66.4 Å². The molecule has 0 saturated carbocycles. The van der Waals surface area contributed by atoms with Gasteiger partial charge in [-0.25, -0.2) is 0 Å². The highest BCUT2D eigenvalue weighted by Crippen LogP contribution is 2.08. The van der Waals surface area contributed by atoms with Crippen molar-refractivity contribution in [2.45, 2.75) is 56.1 Å². The molecular weight excluding hydrogens is 288 g/mol. The van der Waals surface area contributed by atoms with Gasteiger partial charge in [-0.15, -0.1) is 0 Å². The Bertz CT molecular complexity index is 153. The molecule has 0 saturated heterocycles. The fraction of sp³-hybridized carbons (Fsp3) is 1.00. The lowest BCUT2D eigenvalue weighted by atomic mass is 10.5. The Labute approximate surface area is 139 Å². The van der Waals surface area contributed by atoms with Crippen LogP contribution in [0.2, 0.25) is 0 Å². The Balaban J connectivity index is -0.000000241. The summed E-state index contributed by atoms with van der Waals surface area (Å²) in [5.41, 5.74) is 0. The van der Waals surface area contributed by atoms with E-state index in [1.807, 2.05) is 13.8 Å². The van der Waals surface area contributed by atoms with Crippen molar-refractivity contribution < 1.29 is 28.4 Å². The second-order valence-electron chi connectivity index (χ2n) is 3.37. The number of hydrogen-bond acceptors (Lipinski definition) is 6. The molecule has 0 amide bonds. The summed E-state index contributed by atoms with van der Waals surface area (Å²) in [5, 5.41) is 0. The summed E-state index contributed by atoms with van der Waals surface area (Å²) >= 11 is 0. The van der Waals surface area contributed by atoms with Gasteiger partial charge in [0.1, 0.15) is 0 Å². The molecule has 0 fully saturated rings. The molecule has 0 aromatic heterocycles. The molecule has 0 unspecified atom stereocenters. The average Bonchev–Trinajstić information content (AvgIpc) is 2.37. The summed E-state index contributed by atoms with van der Waals surface area (Å²) < 4.78 is 31.9. The molecule has 0 aliphatic rings. The number of hydrogen-bond donors (Lipinski definition) is 0. The second kappa shape index (κ2) is 25.7. The minimum Gasteiger partial charge on any atom is -0.382 e. The fourth-order valence-corrected chi connectivity index (χ4v) is 1.23. The van der Waals surface area contributed by atoms with E-state index >= 15 is 0 Å². The minimum absolute atomic E-state index is 0. The molecule has 0 bridgehead atoms. The Morgan fingerprint density at radius 1 is 0.545 bits per heavy atom. The van der Waals surface area contributed by atoms with E-state index in [9.17, 15) is 0 Å². The zero-order valence-electron chi connectivity index (χ0n) is 11.8. The first-order valence-electron chi connectivity index (χ1n) is 6.24. The number of ether oxygens (including phenoxy) is 6. The van der Waals surface area contributed by atoms with Crippen LogP contribution in [0.4, 0.5) is 0 Å². The van der Waals surface area contributed by atoms with Crippen LogP contribution in [0.15, 0.2) is 0 Å². The van der Waals surface area contributed by atoms with Crippen LogP contribution in [-0.2, 0) is 28.4 Å². The summed E-state index contributed by atoms with van der Waals surface area (Å²) in [7, 11) is 3.24. The smallest absolute Gasteiger partial charge is 0.209 e. The molecule has 22 heavy (non-hydrogen) atoms. The zero-order chi connectivity index (χ0) is 13.6. The lowest BCUT2D eigenvalue weighted by Gasteiger charge is -2.26. The highest BCUT2D eigenvalue weighted by atomic mass is 16.8. The summed E-state index contributed by atoms with van der Waals surface area (Å²) in [5.74, 6) is 0. The van der Waals surface area contributed by atoms with Gasteiger partial charge in [-0.1, -0.05) is 29.7 Å². The van der Waals surface area contributed by atoms with Crippen molar-refractivity contribution in [1.29, 1.82) is 0 Å². The lowest BCUT2D eigenvalue weighted by Crippen LogP contribution is -2.38. The Morgan fingerprint density at radius 3 is 1.14 bits per heavy atom. The van der Waals surface area contributed by atoms with Crippen molar-refractivity contribution in [2.75, 3.05) is 53.9 Å². The molecule has 0 aliphatic carbocycles. The van der Waals surface area contributed by atoms with Crippen LogP contribution < -0.4 is 0 Å². The number of methoxy groups -OCH3 is 2. The largest absolute Gasteiger partial charge is 0.382 e. The Morgan fingerprint density at radius 2 is 0.864 bits per heavy atom. The standard InChI is InChI=1S/C12H26O6.4CH4/c1-5-15-11(16-6-2)12(17-9-7-13-3)18-10-8-14-4;;;;/h11-12H,5-10H2,1-4H3;4*1H4. The van der Waals surface area contributed by atoms with E-state index in [4.69, 9.17) is 28.4 Å². The van der Waals surface area contributed by atoms with Gasteiger partial charge < -0.3 is 28.4 Å². The van der Waals surface area contributed by atoms with Crippen molar-refractivity contribution in [3.05, 3.63) is 0 Å². The third-order valence-corrected chi connectivity index (χ3v) is 2.02. The van der Waals surface area contributed by atoms with Gasteiger partial charge >= 0.3 is 0 Å². The van der Waals surface area contributed by atoms with Gasteiger partial charge in [0.2, 0.25) is 12.6 Å². The first-order valence-corrected chi connectivity index (χ1v) is 6.24. The molecule has 0 heterocycles. The van der Waals surface area contributed by atoms with Crippen LogP contribution in [0.1, 0.15) is 43.6 Å². The van der Waals surface area contributed by atoms with Crippen LogP contribution >= 0.6 is 0 Å². The van der Waals surface area contributed by atoms with E-state index in [1.54, 1.807) is 14.2 Å². The molecule has 0 aromatic carbocycles. The highest BCUT2D eigenvalue weighted by molar-refractivity contribution is 4.52. The SMILES string of the molecule is C.C.C.C.CCOC(OCC)C(OCCOC)OCCOC. The summed E-state index contributed by atoms with van der Waals surface area (Å²) in [6.07, 6.45) is -1.11. The summed E-state index contributed by atoms with van der Waals surface area (Å²) in [6.45, 7) is 6.69. The number of rotatable bonds is 13. The molecule has 0 spiro atoms. The Hall–Kier alpha value is -0.240. The molecule has 0 N–H and O–H groups in total. The maximum Gasteiger partial charge on any atom is 0.209 e. The van der Waals surface area contributed by atoms with Crippen molar-refractivity contribution in [3.8, 4) is 0 Å². The van der Waals surface area contributed by atoms with Gasteiger partial charge in [-0.05, 0) is 13.8 Å². The van der Waals surface area contributed by atoms with Gasteiger partial charge in [0.05, 0.1) is 26.4 Å². The second-order valence-corrected chi connectivity index (χ2v) is 3.37. The lowest BCUT2D eigenvalue weighted by molar-refractivity contribution is -0.287. The molecule has 0 aromatic rings. The molecule has 0 aliphatic heterocycles. The summed E-state index contributed by atoms with van der Waals surface area (Å²) in [4.78, 5) is 0. The quantitative estimate of drug-likeness (QED) is 0.380. The van der Waals surface area contributed by atoms with Gasteiger partial charge in [0.25, 0.3) is 0 Å². The molecule has 6 heteroatoms. The van der Waals surface area contributed by atoms with Crippen molar-refractivity contribution in [1.82, 2.24) is 0 Å². The first kappa shape index (κ1) is 33.4.